The summed E-state index contributed by atoms with van der Waals surface area (Å²) < 4.78 is 0. The third kappa shape index (κ3) is 3.60. The standard InChI is InChI=1S/C16H20ClN3OS/c17-15-4-1-6-18-16(15)20-8-7-19(13(11-20)5-9-21)12-14-3-2-10-22-14/h1-4,6,10,13,21H,5,7-9,11-12H2. The molecule has 2 aromatic heterocycles. The number of halogens is 1. The Morgan fingerprint density at radius 3 is 2.95 bits per heavy atom. The van der Waals surface area contributed by atoms with Crippen molar-refractivity contribution in [3.05, 3.63) is 45.7 Å². The molecular weight excluding hydrogens is 318 g/mol. The first-order valence-electron chi connectivity index (χ1n) is 7.50. The maximum Gasteiger partial charge on any atom is 0.147 e. The van der Waals surface area contributed by atoms with E-state index in [0.29, 0.717) is 11.1 Å². The molecule has 6 heteroatoms. The lowest BCUT2D eigenvalue weighted by Crippen LogP contribution is -2.53. The van der Waals surface area contributed by atoms with E-state index in [1.165, 1.54) is 4.88 Å². The summed E-state index contributed by atoms with van der Waals surface area (Å²) in [5.74, 6) is 0.850. The van der Waals surface area contributed by atoms with E-state index in [0.717, 1.165) is 38.4 Å². The zero-order valence-corrected chi connectivity index (χ0v) is 13.9. The minimum Gasteiger partial charge on any atom is -0.396 e. The molecule has 1 aliphatic heterocycles. The van der Waals surface area contributed by atoms with E-state index >= 15 is 0 Å². The highest BCUT2D eigenvalue weighted by atomic mass is 35.5. The molecule has 2 aromatic rings. The fourth-order valence-electron chi connectivity index (χ4n) is 2.93. The van der Waals surface area contributed by atoms with E-state index < -0.39 is 0 Å². The van der Waals surface area contributed by atoms with Crippen LogP contribution in [0, 0.1) is 0 Å². The molecule has 1 atom stereocenters. The molecule has 0 aliphatic carbocycles. The number of anilines is 1. The number of aliphatic hydroxyl groups is 1. The summed E-state index contributed by atoms with van der Waals surface area (Å²) in [6.45, 7) is 3.86. The summed E-state index contributed by atoms with van der Waals surface area (Å²) in [6, 6.07) is 8.31. The van der Waals surface area contributed by atoms with Crippen LogP contribution in [0.15, 0.2) is 35.8 Å². The SMILES string of the molecule is OCCC1CN(c2ncccc2Cl)CCN1Cc1cccs1. The molecule has 0 radical (unpaired) electrons. The van der Waals surface area contributed by atoms with Crippen LogP contribution in [-0.2, 0) is 6.54 Å². The van der Waals surface area contributed by atoms with Crippen molar-refractivity contribution in [2.75, 3.05) is 31.1 Å². The molecular formula is C16H20ClN3OS. The van der Waals surface area contributed by atoms with Gasteiger partial charge in [0, 0.05) is 49.9 Å². The highest BCUT2D eigenvalue weighted by Crippen LogP contribution is 2.26. The number of hydrogen-bond donors (Lipinski definition) is 1. The second-order valence-corrected chi connectivity index (χ2v) is 6.91. The van der Waals surface area contributed by atoms with Gasteiger partial charge in [-0.1, -0.05) is 17.7 Å². The van der Waals surface area contributed by atoms with Gasteiger partial charge in [-0.25, -0.2) is 4.98 Å². The van der Waals surface area contributed by atoms with Crippen LogP contribution in [0.1, 0.15) is 11.3 Å². The van der Waals surface area contributed by atoms with Crippen molar-refractivity contribution >= 4 is 28.8 Å². The molecule has 1 saturated heterocycles. The van der Waals surface area contributed by atoms with Gasteiger partial charge in [-0.15, -0.1) is 11.3 Å². The molecule has 22 heavy (non-hydrogen) atoms. The number of rotatable bonds is 5. The van der Waals surface area contributed by atoms with E-state index in [-0.39, 0.29) is 6.61 Å². The maximum absolute atomic E-state index is 9.39. The van der Waals surface area contributed by atoms with Crippen molar-refractivity contribution in [1.29, 1.82) is 0 Å². The molecule has 0 aromatic carbocycles. The Hall–Kier alpha value is -1.14. The second-order valence-electron chi connectivity index (χ2n) is 5.47. The molecule has 1 aliphatic rings. The lowest BCUT2D eigenvalue weighted by Gasteiger charge is -2.42. The van der Waals surface area contributed by atoms with Gasteiger partial charge in [-0.3, -0.25) is 4.90 Å². The molecule has 3 rings (SSSR count). The van der Waals surface area contributed by atoms with Crippen LogP contribution in [0.25, 0.3) is 0 Å². The Labute approximate surface area is 140 Å². The molecule has 4 nitrogen and oxygen atoms in total. The van der Waals surface area contributed by atoms with Gasteiger partial charge in [0.1, 0.15) is 5.82 Å². The van der Waals surface area contributed by atoms with Crippen LogP contribution in [0.3, 0.4) is 0 Å². The highest BCUT2D eigenvalue weighted by Gasteiger charge is 2.28. The van der Waals surface area contributed by atoms with Crippen LogP contribution < -0.4 is 4.90 Å². The zero-order valence-electron chi connectivity index (χ0n) is 12.4. The Kier molecular flexibility index (Phi) is 5.31. The predicted octanol–water partition coefficient (Wildman–Crippen LogP) is 2.87. The average molecular weight is 338 g/mol. The Balaban J connectivity index is 1.71. The van der Waals surface area contributed by atoms with E-state index in [9.17, 15) is 5.11 Å². The number of pyridine rings is 1. The van der Waals surface area contributed by atoms with Crippen molar-refractivity contribution in [2.24, 2.45) is 0 Å². The summed E-state index contributed by atoms with van der Waals surface area (Å²) in [4.78, 5) is 10.5. The minimum absolute atomic E-state index is 0.204. The van der Waals surface area contributed by atoms with Gasteiger partial charge < -0.3 is 10.0 Å². The lowest BCUT2D eigenvalue weighted by atomic mass is 10.1. The van der Waals surface area contributed by atoms with Gasteiger partial charge in [0.05, 0.1) is 5.02 Å². The molecule has 1 N–H and O–H groups in total. The van der Waals surface area contributed by atoms with Crippen LogP contribution in [0.4, 0.5) is 5.82 Å². The largest absolute Gasteiger partial charge is 0.396 e. The zero-order chi connectivity index (χ0) is 15.4. The molecule has 0 bridgehead atoms. The summed E-state index contributed by atoms with van der Waals surface area (Å²) in [6.07, 6.45) is 2.55. The van der Waals surface area contributed by atoms with Crippen molar-refractivity contribution in [2.45, 2.75) is 19.0 Å². The van der Waals surface area contributed by atoms with Gasteiger partial charge in [0.15, 0.2) is 0 Å². The molecule has 0 amide bonds. The molecule has 3 heterocycles. The van der Waals surface area contributed by atoms with E-state index in [1.54, 1.807) is 17.5 Å². The van der Waals surface area contributed by atoms with Crippen molar-refractivity contribution in [3.63, 3.8) is 0 Å². The highest BCUT2D eigenvalue weighted by molar-refractivity contribution is 7.09. The quantitative estimate of drug-likeness (QED) is 0.910. The van der Waals surface area contributed by atoms with Crippen LogP contribution in [-0.4, -0.2) is 47.3 Å². The number of nitrogens with zero attached hydrogens (tertiary/aromatic N) is 3. The van der Waals surface area contributed by atoms with Crippen LogP contribution >= 0.6 is 22.9 Å². The number of aliphatic hydroxyl groups excluding tert-OH is 1. The van der Waals surface area contributed by atoms with Gasteiger partial charge in [0.2, 0.25) is 0 Å². The monoisotopic (exact) mass is 337 g/mol. The fourth-order valence-corrected chi connectivity index (χ4v) is 3.90. The second kappa shape index (κ2) is 7.42. The summed E-state index contributed by atoms with van der Waals surface area (Å²) in [5, 5.41) is 12.2. The number of piperazine rings is 1. The molecule has 0 spiro atoms. The normalized spacial score (nSPS) is 19.5. The third-order valence-electron chi connectivity index (χ3n) is 4.04. The first kappa shape index (κ1) is 15.7. The molecule has 1 unspecified atom stereocenters. The van der Waals surface area contributed by atoms with Crippen molar-refractivity contribution in [3.8, 4) is 0 Å². The summed E-state index contributed by atoms with van der Waals surface area (Å²) in [7, 11) is 0. The summed E-state index contributed by atoms with van der Waals surface area (Å²) in [5.41, 5.74) is 0. The van der Waals surface area contributed by atoms with Gasteiger partial charge in [-0.05, 0) is 30.0 Å². The maximum atomic E-state index is 9.39. The van der Waals surface area contributed by atoms with E-state index in [2.05, 4.69) is 32.3 Å². The predicted molar refractivity (Wildman–Crippen MR) is 91.7 cm³/mol. The summed E-state index contributed by atoms with van der Waals surface area (Å²) >= 11 is 8.05. The Morgan fingerprint density at radius 1 is 1.32 bits per heavy atom. The number of thiophene rings is 1. The van der Waals surface area contributed by atoms with Gasteiger partial charge >= 0.3 is 0 Å². The average Bonchev–Trinajstić information content (AvgIpc) is 3.03. The Morgan fingerprint density at radius 2 is 2.23 bits per heavy atom. The Bertz CT molecular complexity index is 593. The topological polar surface area (TPSA) is 39.6 Å². The number of hydrogen-bond acceptors (Lipinski definition) is 5. The van der Waals surface area contributed by atoms with Crippen LogP contribution in [0.5, 0.6) is 0 Å². The molecule has 0 saturated carbocycles. The van der Waals surface area contributed by atoms with E-state index in [1.807, 2.05) is 12.1 Å². The van der Waals surface area contributed by atoms with Gasteiger partial charge in [0.25, 0.3) is 0 Å². The number of aromatic nitrogens is 1. The fraction of sp³-hybridized carbons (Fsp3) is 0.438. The molecule has 1 fully saturated rings. The van der Waals surface area contributed by atoms with E-state index in [4.69, 9.17) is 11.6 Å². The smallest absolute Gasteiger partial charge is 0.147 e. The van der Waals surface area contributed by atoms with Crippen LogP contribution in [0.2, 0.25) is 5.02 Å². The first-order chi connectivity index (χ1) is 10.8. The molecule has 118 valence electrons. The third-order valence-corrected chi connectivity index (χ3v) is 5.20. The van der Waals surface area contributed by atoms with Gasteiger partial charge in [-0.2, -0.15) is 0 Å². The minimum atomic E-state index is 0.204. The lowest BCUT2D eigenvalue weighted by molar-refractivity contribution is 0.136. The van der Waals surface area contributed by atoms with Crippen molar-refractivity contribution < 1.29 is 5.11 Å². The van der Waals surface area contributed by atoms with Crippen molar-refractivity contribution in [1.82, 2.24) is 9.88 Å². The first-order valence-corrected chi connectivity index (χ1v) is 8.76.